The quantitative estimate of drug-likeness (QED) is 0.779. The summed E-state index contributed by atoms with van der Waals surface area (Å²) < 4.78 is 5.32. The van der Waals surface area contributed by atoms with Gasteiger partial charge in [-0.2, -0.15) is 0 Å². The van der Waals surface area contributed by atoms with Crippen molar-refractivity contribution < 1.29 is 9.84 Å². The second kappa shape index (κ2) is 4.47. The second-order valence-corrected chi connectivity index (χ2v) is 3.93. The van der Waals surface area contributed by atoms with Crippen LogP contribution >= 0.6 is 0 Å². The first kappa shape index (κ1) is 9.53. The van der Waals surface area contributed by atoms with Crippen LogP contribution in [-0.4, -0.2) is 18.3 Å². The van der Waals surface area contributed by atoms with Gasteiger partial charge in [-0.3, -0.25) is 0 Å². The van der Waals surface area contributed by atoms with E-state index in [1.54, 1.807) is 12.1 Å². The highest BCUT2D eigenvalue weighted by Gasteiger charge is 2.13. The summed E-state index contributed by atoms with van der Waals surface area (Å²) in [6.07, 6.45) is 3.45. The normalized spacial score (nSPS) is 18.3. The summed E-state index contributed by atoms with van der Waals surface area (Å²) in [5.74, 6) is 1.11. The fraction of sp³-hybridized carbons (Fsp3) is 0.500. The number of phenols is 1. The predicted molar refractivity (Wildman–Crippen MR) is 55.4 cm³/mol. The van der Waals surface area contributed by atoms with Crippen molar-refractivity contribution in [2.45, 2.75) is 19.3 Å². The van der Waals surface area contributed by atoms with Crippen molar-refractivity contribution in [1.29, 1.82) is 0 Å². The molecule has 0 bridgehead atoms. The van der Waals surface area contributed by atoms with E-state index in [1.807, 2.05) is 12.1 Å². The Labute approximate surface area is 84.5 Å². The highest BCUT2D eigenvalue weighted by Crippen LogP contribution is 2.21. The van der Waals surface area contributed by atoms with E-state index < -0.39 is 0 Å². The van der Waals surface area contributed by atoms with Gasteiger partial charge in [-0.05, 0) is 42.9 Å². The van der Waals surface area contributed by atoms with Gasteiger partial charge in [0.05, 0.1) is 0 Å². The molecule has 0 amide bonds. The van der Waals surface area contributed by atoms with Crippen LogP contribution in [0.15, 0.2) is 24.3 Å². The lowest BCUT2D eigenvalue weighted by molar-refractivity contribution is 0.0665. The minimum Gasteiger partial charge on any atom is -0.508 e. The summed E-state index contributed by atoms with van der Waals surface area (Å²) in [4.78, 5) is 0. The Morgan fingerprint density at radius 3 is 2.43 bits per heavy atom. The summed E-state index contributed by atoms with van der Waals surface area (Å²) in [5, 5.41) is 9.14. The third-order valence-corrected chi connectivity index (χ3v) is 2.80. The number of benzene rings is 1. The number of hydrogen-bond acceptors (Lipinski definition) is 2. The molecule has 0 aliphatic carbocycles. The first-order chi connectivity index (χ1) is 6.84. The van der Waals surface area contributed by atoms with Crippen LogP contribution in [0.4, 0.5) is 0 Å². The molecule has 76 valence electrons. The maximum atomic E-state index is 9.14. The van der Waals surface area contributed by atoms with Crippen LogP contribution in [0, 0.1) is 5.92 Å². The minimum atomic E-state index is 0.348. The van der Waals surface area contributed by atoms with Crippen LogP contribution < -0.4 is 0 Å². The minimum absolute atomic E-state index is 0.348. The predicted octanol–water partition coefficient (Wildman–Crippen LogP) is 2.36. The number of rotatable bonds is 2. The molecule has 1 aromatic carbocycles. The van der Waals surface area contributed by atoms with Gasteiger partial charge < -0.3 is 9.84 Å². The Bertz CT molecular complexity index is 273. The zero-order chi connectivity index (χ0) is 9.80. The molecule has 2 nitrogen and oxygen atoms in total. The molecule has 1 saturated heterocycles. The van der Waals surface area contributed by atoms with Gasteiger partial charge in [0.15, 0.2) is 0 Å². The third kappa shape index (κ3) is 2.48. The van der Waals surface area contributed by atoms with E-state index in [0.717, 1.165) is 25.6 Å². The molecule has 1 N–H and O–H groups in total. The molecule has 1 fully saturated rings. The molecular formula is C12H16O2. The van der Waals surface area contributed by atoms with Crippen LogP contribution in [0.2, 0.25) is 0 Å². The van der Waals surface area contributed by atoms with Crippen molar-refractivity contribution in [2.24, 2.45) is 5.92 Å². The van der Waals surface area contributed by atoms with E-state index in [0.29, 0.717) is 5.75 Å². The van der Waals surface area contributed by atoms with Gasteiger partial charge in [-0.15, -0.1) is 0 Å². The average molecular weight is 192 g/mol. The highest BCUT2D eigenvalue weighted by atomic mass is 16.5. The molecule has 2 heteroatoms. The SMILES string of the molecule is Oc1ccc(CC2CCOCC2)cc1. The molecule has 0 radical (unpaired) electrons. The van der Waals surface area contributed by atoms with Crippen LogP contribution in [0.3, 0.4) is 0 Å². The molecule has 0 saturated carbocycles. The molecule has 0 unspecified atom stereocenters. The van der Waals surface area contributed by atoms with Crippen molar-refractivity contribution in [1.82, 2.24) is 0 Å². The molecule has 2 rings (SSSR count). The van der Waals surface area contributed by atoms with Crippen LogP contribution in [0.5, 0.6) is 5.75 Å². The number of aromatic hydroxyl groups is 1. The highest BCUT2D eigenvalue weighted by molar-refractivity contribution is 5.26. The van der Waals surface area contributed by atoms with E-state index >= 15 is 0 Å². The maximum absolute atomic E-state index is 9.14. The lowest BCUT2D eigenvalue weighted by Crippen LogP contribution is -2.17. The van der Waals surface area contributed by atoms with Crippen molar-refractivity contribution in [3.8, 4) is 5.75 Å². The summed E-state index contributed by atoms with van der Waals surface area (Å²) in [6, 6.07) is 7.53. The number of ether oxygens (including phenoxy) is 1. The third-order valence-electron chi connectivity index (χ3n) is 2.80. The van der Waals surface area contributed by atoms with E-state index in [1.165, 1.54) is 18.4 Å². The fourth-order valence-electron chi connectivity index (χ4n) is 1.92. The molecule has 1 aromatic rings. The molecule has 14 heavy (non-hydrogen) atoms. The van der Waals surface area contributed by atoms with E-state index in [4.69, 9.17) is 9.84 Å². The molecule has 1 aliphatic rings. The summed E-state index contributed by atoms with van der Waals surface area (Å²) >= 11 is 0. The number of phenolic OH excluding ortho intramolecular Hbond substituents is 1. The Balaban J connectivity index is 1.92. The Hall–Kier alpha value is -1.02. The molecule has 0 aromatic heterocycles. The van der Waals surface area contributed by atoms with Gasteiger partial charge >= 0.3 is 0 Å². The Kier molecular flexibility index (Phi) is 3.04. The van der Waals surface area contributed by atoms with E-state index in [-0.39, 0.29) is 0 Å². The van der Waals surface area contributed by atoms with Gasteiger partial charge in [0, 0.05) is 13.2 Å². The molecule has 1 aliphatic heterocycles. The second-order valence-electron chi connectivity index (χ2n) is 3.93. The standard InChI is InChI=1S/C12H16O2/c13-12-3-1-10(2-4-12)9-11-5-7-14-8-6-11/h1-4,11,13H,5-9H2. The van der Waals surface area contributed by atoms with Gasteiger partial charge in [0.1, 0.15) is 5.75 Å². The van der Waals surface area contributed by atoms with Crippen LogP contribution in [-0.2, 0) is 11.2 Å². The Morgan fingerprint density at radius 1 is 1.14 bits per heavy atom. The lowest BCUT2D eigenvalue weighted by Gasteiger charge is -2.21. The Morgan fingerprint density at radius 2 is 1.79 bits per heavy atom. The summed E-state index contributed by atoms with van der Waals surface area (Å²) in [6.45, 7) is 1.81. The van der Waals surface area contributed by atoms with Crippen molar-refractivity contribution in [2.75, 3.05) is 13.2 Å². The topological polar surface area (TPSA) is 29.5 Å². The van der Waals surface area contributed by atoms with Crippen molar-refractivity contribution in [3.63, 3.8) is 0 Å². The first-order valence-electron chi connectivity index (χ1n) is 5.20. The molecule has 0 spiro atoms. The summed E-state index contributed by atoms with van der Waals surface area (Å²) in [5.41, 5.74) is 1.31. The maximum Gasteiger partial charge on any atom is 0.115 e. The van der Waals surface area contributed by atoms with Gasteiger partial charge in [-0.25, -0.2) is 0 Å². The van der Waals surface area contributed by atoms with Gasteiger partial charge in [0.2, 0.25) is 0 Å². The summed E-state index contributed by atoms with van der Waals surface area (Å²) in [7, 11) is 0. The first-order valence-corrected chi connectivity index (χ1v) is 5.20. The zero-order valence-electron chi connectivity index (χ0n) is 8.28. The molecule has 1 heterocycles. The fourth-order valence-corrected chi connectivity index (χ4v) is 1.92. The molecular weight excluding hydrogens is 176 g/mol. The van der Waals surface area contributed by atoms with E-state index in [9.17, 15) is 0 Å². The largest absolute Gasteiger partial charge is 0.508 e. The van der Waals surface area contributed by atoms with Crippen molar-refractivity contribution >= 4 is 0 Å². The smallest absolute Gasteiger partial charge is 0.115 e. The monoisotopic (exact) mass is 192 g/mol. The van der Waals surface area contributed by atoms with Crippen LogP contribution in [0.25, 0.3) is 0 Å². The van der Waals surface area contributed by atoms with Crippen molar-refractivity contribution in [3.05, 3.63) is 29.8 Å². The zero-order valence-corrected chi connectivity index (χ0v) is 8.28. The van der Waals surface area contributed by atoms with Gasteiger partial charge in [-0.1, -0.05) is 12.1 Å². The van der Waals surface area contributed by atoms with E-state index in [2.05, 4.69) is 0 Å². The van der Waals surface area contributed by atoms with Gasteiger partial charge in [0.25, 0.3) is 0 Å². The lowest BCUT2D eigenvalue weighted by atomic mass is 9.92. The number of hydrogen-bond donors (Lipinski definition) is 1. The average Bonchev–Trinajstić information content (AvgIpc) is 2.23. The van der Waals surface area contributed by atoms with Crippen LogP contribution in [0.1, 0.15) is 18.4 Å². The molecule has 0 atom stereocenters.